The van der Waals surface area contributed by atoms with Crippen molar-refractivity contribution in [2.45, 2.75) is 38.5 Å². The predicted molar refractivity (Wildman–Crippen MR) is 109 cm³/mol. The van der Waals surface area contributed by atoms with E-state index >= 15 is 0 Å². The molecule has 0 N–H and O–H groups in total. The van der Waals surface area contributed by atoms with Gasteiger partial charge in [-0.05, 0) is 61.2 Å². The Balaban J connectivity index is 1.20. The van der Waals surface area contributed by atoms with Gasteiger partial charge in [-0.2, -0.15) is 9.38 Å². The molecule has 0 atom stereocenters. The molecule has 0 aromatic carbocycles. The summed E-state index contributed by atoms with van der Waals surface area (Å²) in [5, 5.41) is 13.4. The summed E-state index contributed by atoms with van der Waals surface area (Å²) in [5.74, 6) is 3.09. The molecule has 8 nitrogen and oxygen atoms in total. The van der Waals surface area contributed by atoms with E-state index in [0.29, 0.717) is 42.9 Å². The van der Waals surface area contributed by atoms with E-state index in [0.717, 1.165) is 37.0 Å². The van der Waals surface area contributed by atoms with Crippen molar-refractivity contribution in [2.24, 2.45) is 23.2 Å². The predicted octanol–water partition coefficient (Wildman–Crippen LogP) is 3.17. The molecule has 2 aromatic heterocycles. The van der Waals surface area contributed by atoms with Crippen LogP contribution in [0, 0.1) is 33.3 Å². The van der Waals surface area contributed by atoms with Gasteiger partial charge in [0.05, 0.1) is 5.41 Å². The molecule has 4 aliphatic carbocycles. The molecule has 7 rings (SSSR count). The Labute approximate surface area is 172 Å². The van der Waals surface area contributed by atoms with E-state index in [2.05, 4.69) is 4.98 Å². The second-order valence-electron chi connectivity index (χ2n) is 9.55. The second-order valence-corrected chi connectivity index (χ2v) is 10.4. The molecule has 1 aliphatic heterocycles. The molecule has 1 amide bonds. The van der Waals surface area contributed by atoms with Crippen molar-refractivity contribution >= 4 is 33.8 Å². The minimum absolute atomic E-state index is 0.0297. The third-order valence-corrected chi connectivity index (χ3v) is 8.51. The number of rotatable bonds is 3. The van der Waals surface area contributed by atoms with Crippen molar-refractivity contribution in [1.82, 2.24) is 14.3 Å². The van der Waals surface area contributed by atoms with Crippen LogP contribution in [0.5, 0.6) is 0 Å². The smallest absolute Gasteiger partial charge is 0.358 e. The van der Waals surface area contributed by atoms with E-state index < -0.39 is 0 Å². The summed E-state index contributed by atoms with van der Waals surface area (Å²) in [6.07, 6.45) is 8.95. The van der Waals surface area contributed by atoms with Gasteiger partial charge in [-0.25, -0.2) is 0 Å². The zero-order valence-electron chi connectivity index (χ0n) is 16.3. The number of fused-ring (bicyclic) bond motifs is 1. The number of carbonyl (C=O) groups excluding carboxylic acids is 1. The number of hydrogen-bond acceptors (Lipinski definition) is 6. The average molecular weight is 416 g/mol. The highest BCUT2D eigenvalue weighted by molar-refractivity contribution is 7.15. The Bertz CT molecular complexity index is 954. The third kappa shape index (κ3) is 2.62. The molecule has 0 radical (unpaired) electrons. The number of amides is 1. The molecule has 154 valence electrons. The Morgan fingerprint density at radius 3 is 2.31 bits per heavy atom. The number of imidazole rings is 1. The molecular weight excluding hydrogens is 390 g/mol. The van der Waals surface area contributed by atoms with Gasteiger partial charge < -0.3 is 19.9 Å². The molecule has 1 saturated heterocycles. The number of aromatic nitrogens is 2. The van der Waals surface area contributed by atoms with E-state index in [9.17, 15) is 14.9 Å². The Morgan fingerprint density at radius 1 is 1.10 bits per heavy atom. The normalized spacial score (nSPS) is 33.6. The van der Waals surface area contributed by atoms with Gasteiger partial charge in [-0.3, -0.25) is 4.79 Å². The van der Waals surface area contributed by atoms with E-state index in [1.165, 1.54) is 30.6 Å². The maximum Gasteiger partial charge on any atom is 0.373 e. The number of piperazine rings is 1. The first-order valence-corrected chi connectivity index (χ1v) is 11.5. The maximum absolute atomic E-state index is 13.6. The summed E-state index contributed by atoms with van der Waals surface area (Å²) in [6, 6.07) is 0. The average Bonchev–Trinajstić information content (AvgIpc) is 3.27. The number of nitrogens with zero attached hydrogens (tertiary/aromatic N) is 5. The summed E-state index contributed by atoms with van der Waals surface area (Å²) in [5.41, 5.74) is -0.111. The van der Waals surface area contributed by atoms with Gasteiger partial charge in [0.25, 0.3) is 4.96 Å². The number of carbonyl (C=O) groups is 1. The van der Waals surface area contributed by atoms with Crippen molar-refractivity contribution in [1.29, 1.82) is 0 Å². The molecule has 5 aliphatic rings. The lowest BCUT2D eigenvalue weighted by Crippen LogP contribution is -2.58. The molecule has 9 heteroatoms. The highest BCUT2D eigenvalue weighted by atomic mass is 32.1. The zero-order valence-corrected chi connectivity index (χ0v) is 17.1. The third-order valence-electron chi connectivity index (χ3n) is 7.75. The van der Waals surface area contributed by atoms with Crippen LogP contribution in [0.25, 0.3) is 4.96 Å². The lowest BCUT2D eigenvalue weighted by Gasteiger charge is -2.57. The van der Waals surface area contributed by atoms with Crippen molar-refractivity contribution in [3.8, 4) is 0 Å². The maximum atomic E-state index is 13.6. The van der Waals surface area contributed by atoms with Gasteiger partial charge in [0, 0.05) is 31.6 Å². The molecular formula is C20H25N5O3S. The van der Waals surface area contributed by atoms with Crippen molar-refractivity contribution in [2.75, 3.05) is 31.1 Å². The van der Waals surface area contributed by atoms with Crippen LogP contribution in [0.1, 0.15) is 38.5 Å². The van der Waals surface area contributed by atoms with Crippen LogP contribution in [0.3, 0.4) is 0 Å². The highest BCUT2D eigenvalue weighted by Gasteiger charge is 2.55. The molecule has 0 spiro atoms. The Morgan fingerprint density at radius 2 is 1.72 bits per heavy atom. The van der Waals surface area contributed by atoms with E-state index in [1.807, 2.05) is 9.80 Å². The first kappa shape index (κ1) is 17.7. The first-order valence-electron chi connectivity index (χ1n) is 10.7. The molecule has 5 fully saturated rings. The van der Waals surface area contributed by atoms with Crippen LogP contribution in [0.2, 0.25) is 0 Å². The largest absolute Gasteiger partial charge is 0.373 e. The lowest BCUT2D eigenvalue weighted by atomic mass is 9.49. The highest BCUT2D eigenvalue weighted by Crippen LogP contribution is 2.60. The van der Waals surface area contributed by atoms with Gasteiger partial charge in [0.2, 0.25) is 11.7 Å². The van der Waals surface area contributed by atoms with Crippen molar-refractivity contribution < 1.29 is 9.72 Å². The van der Waals surface area contributed by atoms with Crippen molar-refractivity contribution in [3.63, 3.8) is 0 Å². The number of thiazole rings is 1. The van der Waals surface area contributed by atoms with E-state index in [-0.39, 0.29) is 16.2 Å². The fraction of sp³-hybridized carbons (Fsp3) is 0.700. The molecule has 0 unspecified atom stereocenters. The molecule has 4 saturated carbocycles. The fourth-order valence-corrected chi connectivity index (χ4v) is 7.68. The van der Waals surface area contributed by atoms with Crippen LogP contribution < -0.4 is 4.90 Å². The van der Waals surface area contributed by atoms with E-state index in [4.69, 9.17) is 0 Å². The summed E-state index contributed by atoms with van der Waals surface area (Å²) in [7, 11) is 0. The Kier molecular flexibility index (Phi) is 3.76. The molecule has 29 heavy (non-hydrogen) atoms. The summed E-state index contributed by atoms with van der Waals surface area (Å²) in [4.78, 5) is 34.0. The van der Waals surface area contributed by atoms with E-state index in [1.54, 1.807) is 16.0 Å². The molecule has 3 heterocycles. The summed E-state index contributed by atoms with van der Waals surface area (Å²) >= 11 is 1.40. The monoisotopic (exact) mass is 415 g/mol. The van der Waals surface area contributed by atoms with Crippen LogP contribution in [-0.4, -0.2) is 51.3 Å². The topological polar surface area (TPSA) is 84.0 Å². The van der Waals surface area contributed by atoms with Gasteiger partial charge in [0.15, 0.2) is 0 Å². The molecule has 2 aromatic rings. The first-order chi connectivity index (χ1) is 14.0. The number of nitro groups is 1. The fourth-order valence-electron chi connectivity index (χ4n) is 6.97. The summed E-state index contributed by atoms with van der Waals surface area (Å²) < 4.78 is 1.55. The van der Waals surface area contributed by atoms with Crippen LogP contribution in [0.4, 0.5) is 11.6 Å². The summed E-state index contributed by atoms with van der Waals surface area (Å²) in [6.45, 7) is 2.46. The van der Waals surface area contributed by atoms with Crippen LogP contribution in [0.15, 0.2) is 11.6 Å². The Hall–Kier alpha value is -2.16. The van der Waals surface area contributed by atoms with Gasteiger partial charge in [-0.1, -0.05) is 11.3 Å². The SMILES string of the molecule is O=C(N1CCN(c2nc3sccn3c2[N+](=O)[O-])CC1)C12CC3CC(CC(C3)C1)C2. The lowest BCUT2D eigenvalue weighted by molar-refractivity contribution is -0.389. The van der Waals surface area contributed by atoms with Crippen LogP contribution >= 0.6 is 11.3 Å². The zero-order chi connectivity index (χ0) is 19.8. The second kappa shape index (κ2) is 6.17. The standard InChI is InChI=1S/C20H25N5O3S/c26-18(20-10-13-7-14(11-20)9-15(8-13)12-20)23-3-1-22(2-4-23)16-17(25(27)28)24-5-6-29-19(24)21-16/h5-6,13-15H,1-4,7-12H2. The minimum Gasteiger partial charge on any atom is -0.358 e. The minimum atomic E-state index is -0.352. The number of anilines is 1. The van der Waals surface area contributed by atoms with Crippen LogP contribution in [-0.2, 0) is 4.79 Å². The molecule has 4 bridgehead atoms. The van der Waals surface area contributed by atoms with Crippen molar-refractivity contribution in [3.05, 3.63) is 21.7 Å². The van der Waals surface area contributed by atoms with Gasteiger partial charge in [-0.15, -0.1) is 0 Å². The number of hydrogen-bond donors (Lipinski definition) is 0. The van der Waals surface area contributed by atoms with Gasteiger partial charge in [0.1, 0.15) is 6.20 Å². The van der Waals surface area contributed by atoms with Gasteiger partial charge >= 0.3 is 5.82 Å². The quantitative estimate of drug-likeness (QED) is 0.568.